The Labute approximate surface area is 107 Å². The van der Waals surface area contributed by atoms with Gasteiger partial charge in [-0.3, -0.25) is 0 Å². The number of hydrogen-bond acceptors (Lipinski definition) is 4. The fourth-order valence-electron chi connectivity index (χ4n) is 1.71. The minimum atomic E-state index is -1.53. The maximum atomic E-state index is 11.1. The van der Waals surface area contributed by atoms with Crippen molar-refractivity contribution in [3.05, 3.63) is 34.4 Å². The van der Waals surface area contributed by atoms with Gasteiger partial charge in [0.25, 0.3) is 0 Å². The van der Waals surface area contributed by atoms with E-state index >= 15 is 0 Å². The number of benzene rings is 1. The monoisotopic (exact) mass is 263 g/mol. The summed E-state index contributed by atoms with van der Waals surface area (Å²) in [5.74, 6) is -4.37. The van der Waals surface area contributed by atoms with Gasteiger partial charge in [-0.05, 0) is 24.1 Å². The van der Waals surface area contributed by atoms with E-state index in [-0.39, 0.29) is 24.0 Å². The van der Waals surface area contributed by atoms with E-state index in [1.54, 1.807) is 6.07 Å². The largest absolute Gasteiger partial charge is 0.478 e. The van der Waals surface area contributed by atoms with Gasteiger partial charge in [-0.15, -0.1) is 0 Å². The Morgan fingerprint density at radius 3 is 1.95 bits per heavy atom. The number of carbonyl (C=O) groups is 3. The zero-order chi connectivity index (χ0) is 14.6. The van der Waals surface area contributed by atoms with Crippen molar-refractivity contribution in [2.24, 2.45) is 0 Å². The molecule has 0 fully saturated rings. The highest BCUT2D eigenvalue weighted by Crippen LogP contribution is 2.22. The standard InChI is InChI=1S/C12H9NO6/c13-5-1-2-6-7(10(14)15)3-4-8(11(16)17)9(6)12(18)19/h3-4H,1-2H2,(H,14,15)(H,16,17)(H,18,19). The molecule has 0 unspecified atom stereocenters. The van der Waals surface area contributed by atoms with Crippen LogP contribution in [0.25, 0.3) is 0 Å². The molecule has 1 aromatic rings. The van der Waals surface area contributed by atoms with E-state index in [0.29, 0.717) is 0 Å². The van der Waals surface area contributed by atoms with Crippen LogP contribution < -0.4 is 0 Å². The van der Waals surface area contributed by atoms with Gasteiger partial charge < -0.3 is 15.3 Å². The molecule has 0 saturated carbocycles. The van der Waals surface area contributed by atoms with Gasteiger partial charge in [0.15, 0.2) is 0 Å². The highest BCUT2D eigenvalue weighted by Gasteiger charge is 2.24. The normalized spacial score (nSPS) is 9.63. The number of hydrogen-bond donors (Lipinski definition) is 3. The zero-order valence-corrected chi connectivity index (χ0v) is 9.58. The Morgan fingerprint density at radius 2 is 1.53 bits per heavy atom. The van der Waals surface area contributed by atoms with Crippen LogP contribution in [0.1, 0.15) is 43.1 Å². The molecule has 1 aromatic carbocycles. The van der Waals surface area contributed by atoms with E-state index in [2.05, 4.69) is 0 Å². The summed E-state index contributed by atoms with van der Waals surface area (Å²) in [6.45, 7) is 0. The second-order valence-corrected chi connectivity index (χ2v) is 3.59. The molecule has 0 aliphatic carbocycles. The van der Waals surface area contributed by atoms with Crippen molar-refractivity contribution < 1.29 is 29.7 Å². The predicted octanol–water partition coefficient (Wildman–Crippen LogP) is 1.24. The van der Waals surface area contributed by atoms with E-state index in [4.69, 9.17) is 20.6 Å². The molecule has 3 N–H and O–H groups in total. The van der Waals surface area contributed by atoms with Crippen LogP contribution in [0.5, 0.6) is 0 Å². The Kier molecular flexibility index (Phi) is 4.21. The minimum absolute atomic E-state index is 0.108. The van der Waals surface area contributed by atoms with Gasteiger partial charge in [0.05, 0.1) is 22.8 Å². The third kappa shape index (κ3) is 2.87. The van der Waals surface area contributed by atoms with Crippen molar-refractivity contribution in [3.8, 4) is 6.07 Å². The van der Waals surface area contributed by atoms with Crippen LogP contribution >= 0.6 is 0 Å². The highest BCUT2D eigenvalue weighted by molar-refractivity contribution is 6.05. The van der Waals surface area contributed by atoms with Crippen LogP contribution in [-0.2, 0) is 6.42 Å². The molecule has 7 heteroatoms. The molecule has 98 valence electrons. The number of carboxylic acids is 3. The summed E-state index contributed by atoms with van der Waals surface area (Å²) >= 11 is 0. The molecule has 0 atom stereocenters. The maximum Gasteiger partial charge on any atom is 0.336 e. The summed E-state index contributed by atoms with van der Waals surface area (Å²) in [6, 6.07) is 3.73. The van der Waals surface area contributed by atoms with E-state index < -0.39 is 29.0 Å². The lowest BCUT2D eigenvalue weighted by molar-refractivity contribution is 0.0647. The molecule has 0 amide bonds. The number of nitriles is 1. The van der Waals surface area contributed by atoms with Gasteiger partial charge in [-0.1, -0.05) is 0 Å². The number of aromatic carboxylic acids is 3. The summed E-state index contributed by atoms with van der Waals surface area (Å²) < 4.78 is 0. The fraction of sp³-hybridized carbons (Fsp3) is 0.167. The van der Waals surface area contributed by atoms with Crippen LogP contribution in [0.15, 0.2) is 12.1 Å². The Balaban J connectivity index is 3.61. The average molecular weight is 263 g/mol. The van der Waals surface area contributed by atoms with E-state index in [1.807, 2.05) is 0 Å². The molecule has 7 nitrogen and oxygen atoms in total. The smallest absolute Gasteiger partial charge is 0.336 e. The first-order valence-corrected chi connectivity index (χ1v) is 5.12. The Morgan fingerprint density at radius 1 is 1.00 bits per heavy atom. The van der Waals surface area contributed by atoms with Gasteiger partial charge >= 0.3 is 17.9 Å². The summed E-state index contributed by atoms with van der Waals surface area (Å²) in [7, 11) is 0. The number of nitrogens with zero attached hydrogens (tertiary/aromatic N) is 1. The van der Waals surface area contributed by atoms with Crippen LogP contribution in [-0.4, -0.2) is 33.2 Å². The highest BCUT2D eigenvalue weighted by atomic mass is 16.4. The lowest BCUT2D eigenvalue weighted by Crippen LogP contribution is -2.15. The van der Waals surface area contributed by atoms with Gasteiger partial charge in [0.2, 0.25) is 0 Å². The third-order valence-electron chi connectivity index (χ3n) is 2.47. The van der Waals surface area contributed by atoms with Crippen molar-refractivity contribution in [1.29, 1.82) is 5.26 Å². The summed E-state index contributed by atoms with van der Waals surface area (Å²) in [5.41, 5.74) is -1.54. The van der Waals surface area contributed by atoms with Gasteiger partial charge in [0, 0.05) is 6.42 Å². The second kappa shape index (κ2) is 5.64. The molecular formula is C12H9NO6. The lowest BCUT2D eigenvalue weighted by atomic mass is 9.92. The summed E-state index contributed by atoms with van der Waals surface area (Å²) in [4.78, 5) is 33.1. The molecule has 0 aliphatic rings. The molecule has 0 aromatic heterocycles. The van der Waals surface area contributed by atoms with Crippen molar-refractivity contribution in [3.63, 3.8) is 0 Å². The minimum Gasteiger partial charge on any atom is -0.478 e. The van der Waals surface area contributed by atoms with Crippen LogP contribution in [0.4, 0.5) is 0 Å². The topological polar surface area (TPSA) is 136 Å². The first-order valence-electron chi connectivity index (χ1n) is 5.12. The molecule has 0 radical (unpaired) electrons. The van der Waals surface area contributed by atoms with Crippen LogP contribution in [0.2, 0.25) is 0 Å². The molecular weight excluding hydrogens is 254 g/mol. The fourth-order valence-corrected chi connectivity index (χ4v) is 1.71. The van der Waals surface area contributed by atoms with Crippen molar-refractivity contribution >= 4 is 17.9 Å². The molecule has 19 heavy (non-hydrogen) atoms. The zero-order valence-electron chi connectivity index (χ0n) is 9.58. The Bertz CT molecular complexity index is 599. The van der Waals surface area contributed by atoms with E-state index in [1.165, 1.54) is 0 Å². The van der Waals surface area contributed by atoms with Crippen molar-refractivity contribution in [1.82, 2.24) is 0 Å². The molecule has 1 rings (SSSR count). The molecule has 0 heterocycles. The average Bonchev–Trinajstić information content (AvgIpc) is 2.34. The quantitative estimate of drug-likeness (QED) is 0.726. The predicted molar refractivity (Wildman–Crippen MR) is 61.3 cm³/mol. The molecule has 0 saturated heterocycles. The maximum absolute atomic E-state index is 11.1. The SMILES string of the molecule is N#CCCc1c(C(=O)O)ccc(C(=O)O)c1C(=O)O. The van der Waals surface area contributed by atoms with Crippen molar-refractivity contribution in [2.45, 2.75) is 12.8 Å². The van der Waals surface area contributed by atoms with E-state index in [0.717, 1.165) is 12.1 Å². The molecule has 0 bridgehead atoms. The Hall–Kier alpha value is -2.88. The first kappa shape index (κ1) is 14.2. The number of rotatable bonds is 5. The lowest BCUT2D eigenvalue weighted by Gasteiger charge is -2.11. The van der Waals surface area contributed by atoms with Crippen LogP contribution in [0.3, 0.4) is 0 Å². The third-order valence-corrected chi connectivity index (χ3v) is 2.47. The molecule has 0 spiro atoms. The first-order chi connectivity index (χ1) is 8.90. The summed E-state index contributed by atoms with van der Waals surface area (Å²) in [5, 5.41) is 35.5. The van der Waals surface area contributed by atoms with Gasteiger partial charge in [0.1, 0.15) is 0 Å². The second-order valence-electron chi connectivity index (χ2n) is 3.59. The van der Waals surface area contributed by atoms with Gasteiger partial charge in [-0.2, -0.15) is 5.26 Å². The van der Waals surface area contributed by atoms with E-state index in [9.17, 15) is 14.4 Å². The summed E-state index contributed by atoms with van der Waals surface area (Å²) in [6.07, 6.45) is -0.246. The van der Waals surface area contributed by atoms with Crippen LogP contribution in [0, 0.1) is 11.3 Å². The van der Waals surface area contributed by atoms with Gasteiger partial charge in [-0.25, -0.2) is 14.4 Å². The number of carboxylic acid groups (broad SMARTS) is 3. The van der Waals surface area contributed by atoms with Crippen molar-refractivity contribution in [2.75, 3.05) is 0 Å². The molecule has 0 aliphatic heterocycles.